The van der Waals surface area contributed by atoms with E-state index in [4.69, 9.17) is 4.74 Å². The van der Waals surface area contributed by atoms with Crippen molar-refractivity contribution in [2.75, 3.05) is 19.7 Å². The van der Waals surface area contributed by atoms with Crippen molar-refractivity contribution in [3.05, 3.63) is 0 Å². The molecule has 0 aromatic rings. The second-order valence-electron chi connectivity index (χ2n) is 5.26. The van der Waals surface area contributed by atoms with Gasteiger partial charge in [-0.25, -0.2) is 0 Å². The maximum atomic E-state index is 9.78. The molecule has 0 aromatic carbocycles. The Bertz CT molecular complexity index is 269. The van der Waals surface area contributed by atoms with E-state index in [0.29, 0.717) is 19.3 Å². The summed E-state index contributed by atoms with van der Waals surface area (Å²) in [6.07, 6.45) is 5.66. The summed E-state index contributed by atoms with van der Waals surface area (Å²) < 4.78 is 5.78. The third-order valence-electron chi connectivity index (χ3n) is 3.40. The lowest BCUT2D eigenvalue weighted by Crippen LogP contribution is -2.33. The van der Waals surface area contributed by atoms with E-state index in [-0.39, 0.29) is 0 Å². The number of nitrogens with one attached hydrogen (secondary N) is 1. The Kier molecular flexibility index (Phi) is 8.08. The summed E-state index contributed by atoms with van der Waals surface area (Å²) in [6, 6.07) is 0. The molecule has 104 valence electrons. The number of hydrogen-bond donors (Lipinski definition) is 2. The Morgan fingerprint density at radius 1 is 1.44 bits per heavy atom. The summed E-state index contributed by atoms with van der Waals surface area (Å²) in [6.45, 7) is 5.99. The van der Waals surface area contributed by atoms with Crippen molar-refractivity contribution in [3.8, 4) is 11.8 Å². The molecule has 0 aromatic heterocycles. The van der Waals surface area contributed by atoms with Crippen LogP contribution >= 0.6 is 0 Å². The first-order chi connectivity index (χ1) is 8.72. The van der Waals surface area contributed by atoms with Crippen molar-refractivity contribution in [1.29, 1.82) is 0 Å². The summed E-state index contributed by atoms with van der Waals surface area (Å²) in [4.78, 5) is 0. The molecule has 3 atom stereocenters. The molecule has 3 heteroatoms. The standard InChI is InChI=1S/C15H27NO2/c1-3-4-5-9-16-11-14(17)12-18-15-8-6-7-13(2)10-15/h13-17H,5-12H2,1-2H3. The molecule has 0 spiro atoms. The lowest BCUT2D eigenvalue weighted by molar-refractivity contribution is -0.0305. The molecule has 0 radical (unpaired) electrons. The van der Waals surface area contributed by atoms with E-state index < -0.39 is 6.10 Å². The summed E-state index contributed by atoms with van der Waals surface area (Å²) in [5.41, 5.74) is 0. The van der Waals surface area contributed by atoms with Gasteiger partial charge in [0.1, 0.15) is 0 Å². The summed E-state index contributed by atoms with van der Waals surface area (Å²) in [7, 11) is 0. The fourth-order valence-corrected chi connectivity index (χ4v) is 2.38. The average Bonchev–Trinajstić information content (AvgIpc) is 2.36. The molecule has 0 saturated heterocycles. The molecule has 1 rings (SSSR count). The van der Waals surface area contributed by atoms with Gasteiger partial charge in [0, 0.05) is 19.5 Å². The van der Waals surface area contributed by atoms with E-state index in [1.54, 1.807) is 0 Å². The smallest absolute Gasteiger partial charge is 0.0897 e. The van der Waals surface area contributed by atoms with Gasteiger partial charge in [0.25, 0.3) is 0 Å². The van der Waals surface area contributed by atoms with Crippen molar-refractivity contribution in [3.63, 3.8) is 0 Å². The van der Waals surface area contributed by atoms with Gasteiger partial charge < -0.3 is 15.2 Å². The zero-order chi connectivity index (χ0) is 13.2. The Morgan fingerprint density at radius 3 is 3.00 bits per heavy atom. The fraction of sp³-hybridized carbons (Fsp3) is 0.867. The van der Waals surface area contributed by atoms with E-state index in [9.17, 15) is 5.11 Å². The highest BCUT2D eigenvalue weighted by Gasteiger charge is 2.20. The molecule has 0 aliphatic heterocycles. The van der Waals surface area contributed by atoms with Gasteiger partial charge in [-0.3, -0.25) is 0 Å². The molecule has 3 nitrogen and oxygen atoms in total. The third-order valence-corrected chi connectivity index (χ3v) is 3.40. The normalized spacial score (nSPS) is 25.3. The Labute approximate surface area is 111 Å². The van der Waals surface area contributed by atoms with Crippen LogP contribution in [-0.4, -0.2) is 37.0 Å². The molecule has 1 saturated carbocycles. The highest BCUT2D eigenvalue weighted by molar-refractivity contribution is 4.95. The number of ether oxygens (including phenoxy) is 1. The van der Waals surface area contributed by atoms with Crippen LogP contribution in [0.1, 0.15) is 46.0 Å². The molecular formula is C15H27NO2. The van der Waals surface area contributed by atoms with Crippen molar-refractivity contribution >= 4 is 0 Å². The quantitative estimate of drug-likeness (QED) is 0.538. The summed E-state index contributed by atoms with van der Waals surface area (Å²) in [5, 5.41) is 13.0. The van der Waals surface area contributed by atoms with E-state index in [1.807, 2.05) is 6.92 Å². The average molecular weight is 253 g/mol. The van der Waals surface area contributed by atoms with Gasteiger partial charge >= 0.3 is 0 Å². The van der Waals surface area contributed by atoms with Gasteiger partial charge in [-0.15, -0.1) is 11.8 Å². The monoisotopic (exact) mass is 253 g/mol. The molecule has 1 aliphatic rings. The minimum Gasteiger partial charge on any atom is -0.389 e. The first-order valence-corrected chi connectivity index (χ1v) is 7.12. The number of aliphatic hydroxyl groups excluding tert-OH is 1. The van der Waals surface area contributed by atoms with Crippen LogP contribution in [-0.2, 0) is 4.74 Å². The van der Waals surface area contributed by atoms with E-state index in [1.165, 1.54) is 12.8 Å². The van der Waals surface area contributed by atoms with E-state index >= 15 is 0 Å². The number of hydrogen-bond acceptors (Lipinski definition) is 3. The van der Waals surface area contributed by atoms with Crippen LogP contribution in [0.25, 0.3) is 0 Å². The maximum absolute atomic E-state index is 9.78. The lowest BCUT2D eigenvalue weighted by atomic mass is 9.89. The minimum atomic E-state index is -0.406. The first kappa shape index (κ1) is 15.5. The van der Waals surface area contributed by atoms with Crippen molar-refractivity contribution in [2.45, 2.75) is 58.2 Å². The number of aliphatic hydroxyl groups is 1. The largest absolute Gasteiger partial charge is 0.389 e. The molecular weight excluding hydrogens is 226 g/mol. The van der Waals surface area contributed by atoms with Gasteiger partial charge in [0.05, 0.1) is 18.8 Å². The number of rotatable bonds is 7. The van der Waals surface area contributed by atoms with Crippen molar-refractivity contribution < 1.29 is 9.84 Å². The Hall–Kier alpha value is -0.560. The van der Waals surface area contributed by atoms with Crippen LogP contribution in [0, 0.1) is 17.8 Å². The van der Waals surface area contributed by atoms with Gasteiger partial charge in [0.15, 0.2) is 0 Å². The van der Waals surface area contributed by atoms with Gasteiger partial charge in [-0.1, -0.05) is 19.8 Å². The van der Waals surface area contributed by atoms with Gasteiger partial charge in [0.2, 0.25) is 0 Å². The molecule has 1 aliphatic carbocycles. The van der Waals surface area contributed by atoms with Gasteiger partial charge in [-0.05, 0) is 25.7 Å². The molecule has 1 fully saturated rings. The predicted octanol–water partition coefficient (Wildman–Crippen LogP) is 1.95. The minimum absolute atomic E-state index is 0.356. The van der Waals surface area contributed by atoms with Crippen LogP contribution in [0.5, 0.6) is 0 Å². The maximum Gasteiger partial charge on any atom is 0.0897 e. The highest BCUT2D eigenvalue weighted by Crippen LogP contribution is 2.25. The van der Waals surface area contributed by atoms with Crippen LogP contribution in [0.15, 0.2) is 0 Å². The summed E-state index contributed by atoms with van der Waals surface area (Å²) in [5.74, 6) is 6.61. The zero-order valence-electron chi connectivity index (χ0n) is 11.7. The van der Waals surface area contributed by atoms with Crippen LogP contribution in [0.4, 0.5) is 0 Å². The van der Waals surface area contributed by atoms with Crippen molar-refractivity contribution in [1.82, 2.24) is 5.32 Å². The van der Waals surface area contributed by atoms with Crippen LogP contribution < -0.4 is 5.32 Å². The zero-order valence-corrected chi connectivity index (χ0v) is 11.7. The third kappa shape index (κ3) is 7.00. The molecule has 0 bridgehead atoms. The topological polar surface area (TPSA) is 41.5 Å². The molecule has 18 heavy (non-hydrogen) atoms. The Morgan fingerprint density at radius 2 is 2.28 bits per heavy atom. The fourth-order valence-electron chi connectivity index (χ4n) is 2.38. The lowest BCUT2D eigenvalue weighted by Gasteiger charge is -2.27. The van der Waals surface area contributed by atoms with Gasteiger partial charge in [-0.2, -0.15) is 0 Å². The van der Waals surface area contributed by atoms with Crippen LogP contribution in [0.3, 0.4) is 0 Å². The molecule has 2 N–H and O–H groups in total. The van der Waals surface area contributed by atoms with Crippen molar-refractivity contribution in [2.24, 2.45) is 5.92 Å². The van der Waals surface area contributed by atoms with E-state index in [0.717, 1.165) is 31.7 Å². The molecule has 0 heterocycles. The predicted molar refractivity (Wildman–Crippen MR) is 74.3 cm³/mol. The van der Waals surface area contributed by atoms with E-state index in [2.05, 4.69) is 24.1 Å². The molecule has 0 amide bonds. The highest BCUT2D eigenvalue weighted by atomic mass is 16.5. The van der Waals surface area contributed by atoms with Crippen LogP contribution in [0.2, 0.25) is 0 Å². The summed E-state index contributed by atoms with van der Waals surface area (Å²) >= 11 is 0. The second kappa shape index (κ2) is 9.38. The first-order valence-electron chi connectivity index (χ1n) is 7.12. The second-order valence-corrected chi connectivity index (χ2v) is 5.26. The Balaban J connectivity index is 2.01. The molecule has 3 unspecified atom stereocenters. The SMILES string of the molecule is CC#CCCNCC(O)COC1CCCC(C)C1.